The molecule has 0 saturated heterocycles. The van der Waals surface area contributed by atoms with Crippen LogP contribution in [0.2, 0.25) is 5.15 Å². The van der Waals surface area contributed by atoms with Crippen LogP contribution in [0.4, 0.5) is 5.82 Å². The molecule has 0 aliphatic rings. The lowest BCUT2D eigenvalue weighted by Crippen LogP contribution is -2.24. The number of anilines is 1. The highest BCUT2D eigenvalue weighted by atomic mass is 35.5. The molecule has 5 heteroatoms. The number of nitrogens with one attached hydrogen (secondary N) is 1. The van der Waals surface area contributed by atoms with Gasteiger partial charge in [-0.1, -0.05) is 55.8 Å². The zero-order chi connectivity index (χ0) is 15.3. The summed E-state index contributed by atoms with van der Waals surface area (Å²) in [5.41, 5.74) is 0.914. The van der Waals surface area contributed by atoms with Crippen molar-refractivity contribution in [2.45, 2.75) is 20.3 Å². The Bertz CT molecular complexity index is 587. The molecule has 2 N–H and O–H groups in total. The number of aliphatic hydroxyl groups excluding tert-OH is 1. The highest BCUT2D eigenvalue weighted by Crippen LogP contribution is 2.23. The average Bonchev–Trinajstić information content (AvgIpc) is 2.46. The molecule has 0 saturated carbocycles. The van der Waals surface area contributed by atoms with Crippen LogP contribution in [0.15, 0.2) is 36.4 Å². The fourth-order valence-electron chi connectivity index (χ4n) is 1.95. The molecule has 1 heterocycles. The van der Waals surface area contributed by atoms with Gasteiger partial charge in [0.2, 0.25) is 0 Å². The summed E-state index contributed by atoms with van der Waals surface area (Å²) >= 11 is 6.08. The quantitative estimate of drug-likeness (QED) is 0.800. The maximum atomic E-state index is 9.06. The maximum absolute atomic E-state index is 9.06. The van der Waals surface area contributed by atoms with Gasteiger partial charge in [-0.05, 0) is 11.8 Å². The smallest absolute Gasteiger partial charge is 0.163 e. The number of halogens is 1. The van der Waals surface area contributed by atoms with E-state index in [1.54, 1.807) is 6.07 Å². The molecule has 0 aliphatic heterocycles. The summed E-state index contributed by atoms with van der Waals surface area (Å²) in [6.07, 6.45) is 0.727. The fraction of sp³-hybridized carbons (Fsp3) is 0.375. The summed E-state index contributed by atoms with van der Waals surface area (Å²) in [7, 11) is 0. The Hall–Kier alpha value is -1.65. The minimum Gasteiger partial charge on any atom is -0.396 e. The monoisotopic (exact) mass is 305 g/mol. The number of benzene rings is 1. The summed E-state index contributed by atoms with van der Waals surface area (Å²) in [6, 6.07) is 11.4. The van der Waals surface area contributed by atoms with Gasteiger partial charge < -0.3 is 10.4 Å². The van der Waals surface area contributed by atoms with Crippen molar-refractivity contribution in [2.75, 3.05) is 18.5 Å². The van der Waals surface area contributed by atoms with Gasteiger partial charge >= 0.3 is 0 Å². The molecule has 2 rings (SSSR count). The first-order chi connectivity index (χ1) is 10.00. The van der Waals surface area contributed by atoms with Crippen molar-refractivity contribution in [3.05, 3.63) is 41.6 Å². The fourth-order valence-corrected chi connectivity index (χ4v) is 2.13. The summed E-state index contributed by atoms with van der Waals surface area (Å²) in [5.74, 6) is 1.30. The molecule has 1 aromatic carbocycles. The molecule has 0 bridgehead atoms. The minimum absolute atomic E-state index is 0.0148. The lowest BCUT2D eigenvalue weighted by Gasteiger charge is -2.24. The molecule has 0 radical (unpaired) electrons. The normalized spacial score (nSPS) is 11.4. The standard InChI is InChI=1S/C16H20ClN3O/c1-16(2,8-9-21)11-18-14-10-13(17)19-15(20-14)12-6-4-3-5-7-12/h3-7,10,21H,8-9,11H2,1-2H3,(H,18,19,20). The van der Waals surface area contributed by atoms with Crippen LogP contribution in [-0.2, 0) is 0 Å². The zero-order valence-electron chi connectivity index (χ0n) is 12.3. The lowest BCUT2D eigenvalue weighted by atomic mass is 9.90. The predicted octanol–water partition coefficient (Wildman–Crippen LogP) is 3.62. The van der Waals surface area contributed by atoms with Crippen LogP contribution in [0.25, 0.3) is 11.4 Å². The van der Waals surface area contributed by atoms with Crippen molar-refractivity contribution in [3.8, 4) is 11.4 Å². The van der Waals surface area contributed by atoms with Gasteiger partial charge in [-0.2, -0.15) is 0 Å². The Morgan fingerprint density at radius 2 is 1.90 bits per heavy atom. The summed E-state index contributed by atoms with van der Waals surface area (Å²) in [4.78, 5) is 8.76. The van der Waals surface area contributed by atoms with Crippen molar-refractivity contribution < 1.29 is 5.11 Å². The zero-order valence-corrected chi connectivity index (χ0v) is 13.1. The molecular formula is C16H20ClN3O. The molecule has 112 valence electrons. The summed E-state index contributed by atoms with van der Waals surface area (Å²) < 4.78 is 0. The number of aliphatic hydroxyl groups is 1. The van der Waals surface area contributed by atoms with Gasteiger partial charge in [-0.15, -0.1) is 0 Å². The minimum atomic E-state index is -0.0148. The van der Waals surface area contributed by atoms with Crippen LogP contribution < -0.4 is 5.32 Å². The maximum Gasteiger partial charge on any atom is 0.163 e. The van der Waals surface area contributed by atoms with Gasteiger partial charge in [-0.3, -0.25) is 0 Å². The highest BCUT2D eigenvalue weighted by Gasteiger charge is 2.17. The van der Waals surface area contributed by atoms with Crippen molar-refractivity contribution in [1.29, 1.82) is 0 Å². The average molecular weight is 306 g/mol. The number of nitrogens with zero attached hydrogens (tertiary/aromatic N) is 2. The lowest BCUT2D eigenvalue weighted by molar-refractivity contribution is 0.220. The Balaban J connectivity index is 2.16. The van der Waals surface area contributed by atoms with E-state index in [1.807, 2.05) is 30.3 Å². The second-order valence-electron chi connectivity index (χ2n) is 5.76. The molecule has 2 aromatic rings. The molecule has 0 aliphatic carbocycles. The van der Waals surface area contributed by atoms with E-state index in [0.717, 1.165) is 12.0 Å². The molecule has 21 heavy (non-hydrogen) atoms. The number of rotatable bonds is 6. The Morgan fingerprint density at radius 3 is 2.57 bits per heavy atom. The van der Waals surface area contributed by atoms with Gasteiger partial charge in [0.25, 0.3) is 0 Å². The van der Waals surface area contributed by atoms with Crippen molar-refractivity contribution in [2.24, 2.45) is 5.41 Å². The number of hydrogen-bond donors (Lipinski definition) is 2. The SMILES string of the molecule is CC(C)(CCO)CNc1cc(Cl)nc(-c2ccccc2)n1. The van der Waals surface area contributed by atoms with Crippen molar-refractivity contribution >= 4 is 17.4 Å². The van der Waals surface area contributed by atoms with E-state index in [-0.39, 0.29) is 12.0 Å². The molecule has 0 amide bonds. The highest BCUT2D eigenvalue weighted by molar-refractivity contribution is 6.29. The molecule has 0 unspecified atom stereocenters. The van der Waals surface area contributed by atoms with Crippen molar-refractivity contribution in [3.63, 3.8) is 0 Å². The van der Waals surface area contributed by atoms with Crippen LogP contribution in [0.3, 0.4) is 0 Å². The van der Waals surface area contributed by atoms with E-state index in [9.17, 15) is 0 Å². The van der Waals surface area contributed by atoms with E-state index in [2.05, 4.69) is 29.1 Å². The molecular weight excluding hydrogens is 286 g/mol. The van der Waals surface area contributed by atoms with Gasteiger partial charge in [0.1, 0.15) is 11.0 Å². The third kappa shape index (κ3) is 4.69. The van der Waals surface area contributed by atoms with Crippen LogP contribution in [0.5, 0.6) is 0 Å². The summed E-state index contributed by atoms with van der Waals surface area (Å²) in [5, 5.41) is 12.7. The predicted molar refractivity (Wildman–Crippen MR) is 86.5 cm³/mol. The van der Waals surface area contributed by atoms with E-state index >= 15 is 0 Å². The molecule has 4 nitrogen and oxygen atoms in total. The van der Waals surface area contributed by atoms with Gasteiger partial charge in [0.05, 0.1) is 0 Å². The molecule has 0 spiro atoms. The van der Waals surface area contributed by atoms with Crippen molar-refractivity contribution in [1.82, 2.24) is 9.97 Å². The number of aromatic nitrogens is 2. The van der Waals surface area contributed by atoms with E-state index < -0.39 is 0 Å². The third-order valence-corrected chi connectivity index (χ3v) is 3.46. The Kier molecular flexibility index (Phi) is 5.15. The Labute approximate surface area is 130 Å². The topological polar surface area (TPSA) is 58.0 Å². The Morgan fingerprint density at radius 1 is 1.19 bits per heavy atom. The first-order valence-electron chi connectivity index (χ1n) is 6.95. The largest absolute Gasteiger partial charge is 0.396 e. The first kappa shape index (κ1) is 15.7. The number of hydrogen-bond acceptors (Lipinski definition) is 4. The van der Waals surface area contributed by atoms with Crippen LogP contribution >= 0.6 is 11.6 Å². The molecule has 0 fully saturated rings. The second kappa shape index (κ2) is 6.87. The third-order valence-electron chi connectivity index (χ3n) is 3.26. The van der Waals surface area contributed by atoms with Crippen LogP contribution in [0, 0.1) is 5.41 Å². The van der Waals surface area contributed by atoms with E-state index in [1.165, 1.54) is 0 Å². The van der Waals surface area contributed by atoms with Crippen LogP contribution in [-0.4, -0.2) is 28.2 Å². The van der Waals surface area contributed by atoms with E-state index in [4.69, 9.17) is 16.7 Å². The first-order valence-corrected chi connectivity index (χ1v) is 7.33. The van der Waals surface area contributed by atoms with Gasteiger partial charge in [0, 0.05) is 24.8 Å². The van der Waals surface area contributed by atoms with Gasteiger partial charge in [0.15, 0.2) is 5.82 Å². The molecule has 0 atom stereocenters. The van der Waals surface area contributed by atoms with E-state index in [0.29, 0.717) is 23.3 Å². The second-order valence-corrected chi connectivity index (χ2v) is 6.14. The van der Waals surface area contributed by atoms with Crippen LogP contribution in [0.1, 0.15) is 20.3 Å². The summed E-state index contributed by atoms with van der Waals surface area (Å²) in [6.45, 7) is 5.07. The van der Waals surface area contributed by atoms with Gasteiger partial charge in [-0.25, -0.2) is 9.97 Å². The molecule has 1 aromatic heterocycles.